The fourth-order valence-corrected chi connectivity index (χ4v) is 4.26. The van der Waals surface area contributed by atoms with Gasteiger partial charge in [-0.1, -0.05) is 44.9 Å². The van der Waals surface area contributed by atoms with Crippen molar-refractivity contribution >= 4 is 11.8 Å². The van der Waals surface area contributed by atoms with Gasteiger partial charge in [-0.25, -0.2) is 4.98 Å². The average Bonchev–Trinajstić information content (AvgIpc) is 3.19. The highest BCUT2D eigenvalue weighted by atomic mass is 16.3. The Morgan fingerprint density at radius 2 is 1.86 bits per heavy atom. The topological polar surface area (TPSA) is 61.3 Å². The Balaban J connectivity index is 1.58. The number of hydrogen-bond acceptors (Lipinski definition) is 5. The molecule has 2 heterocycles. The van der Waals surface area contributed by atoms with Gasteiger partial charge < -0.3 is 15.3 Å². The van der Waals surface area contributed by atoms with E-state index in [1.165, 1.54) is 36.8 Å². The molecule has 0 saturated heterocycles. The maximum atomic E-state index is 9.85. The van der Waals surface area contributed by atoms with Crippen molar-refractivity contribution in [2.75, 3.05) is 16.8 Å². The monoisotopic (exact) mass is 380 g/mol. The molecule has 2 aromatic rings. The molecule has 1 aromatic carbocycles. The molecular formula is C23H32N4O. The highest BCUT2D eigenvalue weighted by Crippen LogP contribution is 2.29. The zero-order chi connectivity index (χ0) is 19.7. The summed E-state index contributed by atoms with van der Waals surface area (Å²) >= 11 is 0. The van der Waals surface area contributed by atoms with Crippen LogP contribution in [0.25, 0.3) is 0 Å². The molecule has 1 aliphatic carbocycles. The van der Waals surface area contributed by atoms with Crippen LogP contribution in [-0.4, -0.2) is 27.7 Å². The molecule has 2 N–H and O–H groups in total. The average molecular weight is 381 g/mol. The van der Waals surface area contributed by atoms with Crippen molar-refractivity contribution < 1.29 is 5.11 Å². The Morgan fingerprint density at radius 1 is 1.07 bits per heavy atom. The van der Waals surface area contributed by atoms with Crippen molar-refractivity contribution in [1.82, 2.24) is 9.97 Å². The highest BCUT2D eigenvalue weighted by Gasteiger charge is 2.22. The normalized spacial score (nSPS) is 18.4. The molecule has 150 valence electrons. The van der Waals surface area contributed by atoms with E-state index in [1.54, 1.807) is 0 Å². The zero-order valence-corrected chi connectivity index (χ0v) is 17.3. The molecule has 1 atom stereocenters. The van der Waals surface area contributed by atoms with Crippen molar-refractivity contribution in [2.45, 2.75) is 77.5 Å². The maximum Gasteiger partial charge on any atom is 0.225 e. The molecular weight excluding hydrogens is 348 g/mol. The van der Waals surface area contributed by atoms with Gasteiger partial charge in [-0.2, -0.15) is 4.98 Å². The number of rotatable bonds is 5. The van der Waals surface area contributed by atoms with E-state index < -0.39 is 6.10 Å². The second-order valence-electron chi connectivity index (χ2n) is 8.63. The minimum atomic E-state index is -0.414. The first-order valence-corrected chi connectivity index (χ1v) is 10.7. The number of nitrogens with one attached hydrogen (secondary N) is 1. The summed E-state index contributed by atoms with van der Waals surface area (Å²) in [5.74, 6) is 2.17. The predicted molar refractivity (Wildman–Crippen MR) is 114 cm³/mol. The molecule has 0 amide bonds. The number of hydrogen-bond donors (Lipinski definition) is 2. The second-order valence-corrected chi connectivity index (χ2v) is 8.63. The third kappa shape index (κ3) is 4.14. The smallest absolute Gasteiger partial charge is 0.225 e. The second kappa shape index (κ2) is 8.08. The fraction of sp³-hybridized carbons (Fsp3) is 0.565. The van der Waals surface area contributed by atoms with Crippen LogP contribution in [0, 0.1) is 0 Å². The number of nitrogens with zero attached hydrogens (tertiary/aromatic N) is 3. The molecule has 1 aliphatic heterocycles. The summed E-state index contributed by atoms with van der Waals surface area (Å²) in [6.45, 7) is 7.99. The van der Waals surface area contributed by atoms with Gasteiger partial charge in [-0.05, 0) is 48.8 Å². The molecule has 0 spiro atoms. The van der Waals surface area contributed by atoms with Gasteiger partial charge in [0, 0.05) is 25.2 Å². The summed E-state index contributed by atoms with van der Waals surface area (Å²) < 4.78 is 0. The SMILES string of the molecule is CC(C)c1cc(N2CCc3cc([C@H](C)O)ccc3C2)nc(NC2CCCC2)n1. The standard InChI is InChI=1S/C23H32N4O/c1-15(2)21-13-22(26-23(25-21)24-20-6-4-5-7-20)27-11-10-18-12-17(16(3)28)8-9-19(18)14-27/h8-9,12-13,15-16,20,28H,4-7,10-11,14H2,1-3H3,(H,24,25,26)/t16-/m0/s1. The molecule has 2 aliphatic rings. The lowest BCUT2D eigenvalue weighted by Crippen LogP contribution is -2.31. The Labute approximate surface area is 168 Å². The van der Waals surface area contributed by atoms with Crippen LogP contribution >= 0.6 is 0 Å². The van der Waals surface area contributed by atoms with E-state index in [2.05, 4.69) is 42.3 Å². The van der Waals surface area contributed by atoms with E-state index >= 15 is 0 Å². The van der Waals surface area contributed by atoms with Gasteiger partial charge in [0.15, 0.2) is 0 Å². The maximum absolute atomic E-state index is 9.85. The van der Waals surface area contributed by atoms with Gasteiger partial charge in [0.05, 0.1) is 11.8 Å². The molecule has 28 heavy (non-hydrogen) atoms. The van der Waals surface area contributed by atoms with Crippen LogP contribution in [0.1, 0.15) is 80.9 Å². The Kier molecular flexibility index (Phi) is 5.54. The third-order valence-electron chi connectivity index (χ3n) is 6.06. The van der Waals surface area contributed by atoms with Crippen LogP contribution in [-0.2, 0) is 13.0 Å². The minimum absolute atomic E-state index is 0.372. The highest BCUT2D eigenvalue weighted by molar-refractivity contribution is 5.49. The first-order valence-electron chi connectivity index (χ1n) is 10.7. The van der Waals surface area contributed by atoms with Gasteiger partial charge in [-0.15, -0.1) is 0 Å². The summed E-state index contributed by atoms with van der Waals surface area (Å²) in [7, 11) is 0. The van der Waals surface area contributed by atoms with E-state index in [4.69, 9.17) is 9.97 Å². The summed E-state index contributed by atoms with van der Waals surface area (Å²) in [5.41, 5.74) is 4.77. The van der Waals surface area contributed by atoms with Crippen molar-refractivity contribution in [3.8, 4) is 0 Å². The Bertz CT molecular complexity index is 827. The number of benzene rings is 1. The van der Waals surface area contributed by atoms with Crippen molar-refractivity contribution in [1.29, 1.82) is 0 Å². The van der Waals surface area contributed by atoms with Crippen LogP contribution in [0.5, 0.6) is 0 Å². The Hall–Kier alpha value is -2.14. The van der Waals surface area contributed by atoms with Crippen LogP contribution in [0.4, 0.5) is 11.8 Å². The van der Waals surface area contributed by atoms with Crippen LogP contribution in [0.15, 0.2) is 24.3 Å². The minimum Gasteiger partial charge on any atom is -0.389 e. The largest absolute Gasteiger partial charge is 0.389 e. The fourth-order valence-electron chi connectivity index (χ4n) is 4.26. The molecule has 1 saturated carbocycles. The zero-order valence-electron chi connectivity index (χ0n) is 17.3. The first-order chi connectivity index (χ1) is 13.5. The van der Waals surface area contributed by atoms with Gasteiger partial charge in [0.1, 0.15) is 5.82 Å². The number of aliphatic hydroxyl groups is 1. The summed E-state index contributed by atoms with van der Waals surface area (Å²) in [6.07, 6.45) is 5.59. The lowest BCUT2D eigenvalue weighted by molar-refractivity contribution is 0.199. The number of anilines is 2. The van der Waals surface area contributed by atoms with Crippen molar-refractivity contribution in [3.63, 3.8) is 0 Å². The van der Waals surface area contributed by atoms with Gasteiger partial charge >= 0.3 is 0 Å². The van der Waals surface area contributed by atoms with Crippen LogP contribution < -0.4 is 10.2 Å². The lowest BCUT2D eigenvalue weighted by Gasteiger charge is -2.31. The molecule has 5 heteroatoms. The molecule has 0 bridgehead atoms. The van der Waals surface area contributed by atoms with Gasteiger partial charge in [0.25, 0.3) is 0 Å². The van der Waals surface area contributed by atoms with Gasteiger partial charge in [0.2, 0.25) is 5.95 Å². The lowest BCUT2D eigenvalue weighted by atomic mass is 9.95. The van der Waals surface area contributed by atoms with E-state index in [1.807, 2.05) is 13.0 Å². The summed E-state index contributed by atoms with van der Waals surface area (Å²) in [5, 5.41) is 13.4. The number of aliphatic hydroxyl groups excluding tert-OH is 1. The molecule has 1 fully saturated rings. The predicted octanol–water partition coefficient (Wildman–Crippen LogP) is 4.57. The van der Waals surface area contributed by atoms with Crippen LogP contribution in [0.3, 0.4) is 0 Å². The summed E-state index contributed by atoms with van der Waals surface area (Å²) in [4.78, 5) is 12.0. The van der Waals surface area contributed by atoms with Crippen LogP contribution in [0.2, 0.25) is 0 Å². The molecule has 0 unspecified atom stereocenters. The van der Waals surface area contributed by atoms with E-state index in [9.17, 15) is 5.11 Å². The molecule has 4 rings (SSSR count). The van der Waals surface area contributed by atoms with E-state index in [0.717, 1.165) is 42.5 Å². The molecule has 1 aromatic heterocycles. The Morgan fingerprint density at radius 3 is 2.57 bits per heavy atom. The van der Waals surface area contributed by atoms with Crippen molar-refractivity contribution in [2.24, 2.45) is 0 Å². The third-order valence-corrected chi connectivity index (χ3v) is 6.06. The molecule has 5 nitrogen and oxygen atoms in total. The number of aromatic nitrogens is 2. The molecule has 0 radical (unpaired) electrons. The summed E-state index contributed by atoms with van der Waals surface area (Å²) in [6, 6.07) is 9.02. The number of fused-ring (bicyclic) bond motifs is 1. The van der Waals surface area contributed by atoms with E-state index in [-0.39, 0.29) is 0 Å². The van der Waals surface area contributed by atoms with Gasteiger partial charge in [-0.3, -0.25) is 0 Å². The quantitative estimate of drug-likeness (QED) is 0.796. The first kappa shape index (κ1) is 19.2. The van der Waals surface area contributed by atoms with Crippen molar-refractivity contribution in [3.05, 3.63) is 46.6 Å². The van der Waals surface area contributed by atoms with E-state index in [0.29, 0.717) is 12.0 Å².